The number of amides is 1. The average Bonchev–Trinajstić information content (AvgIpc) is 3.13. The molecule has 0 saturated carbocycles. The van der Waals surface area contributed by atoms with E-state index in [9.17, 15) is 9.18 Å². The molecule has 1 heterocycles. The number of anilines is 1. The highest BCUT2D eigenvalue weighted by Crippen LogP contribution is 2.18. The minimum absolute atomic E-state index is 0.303. The molecule has 0 aliphatic carbocycles. The van der Waals surface area contributed by atoms with Gasteiger partial charge >= 0.3 is 0 Å². The second kappa shape index (κ2) is 7.82. The smallest absolute Gasteiger partial charge is 0.251 e. The Balaban J connectivity index is 1.69. The summed E-state index contributed by atoms with van der Waals surface area (Å²) in [5, 5.41) is 7.07. The lowest BCUT2D eigenvalue weighted by Gasteiger charge is -2.14. The largest absolute Gasteiger partial charge is 0.375 e. The lowest BCUT2D eigenvalue weighted by Crippen LogP contribution is -2.24. The van der Waals surface area contributed by atoms with Crippen LogP contribution in [0, 0.1) is 5.82 Å². The zero-order valence-corrected chi connectivity index (χ0v) is 14.8. The molecule has 0 aliphatic heterocycles. The molecule has 3 aromatic rings. The van der Waals surface area contributed by atoms with E-state index in [4.69, 9.17) is 0 Å². The maximum atomic E-state index is 14.1. The molecule has 6 heteroatoms. The van der Waals surface area contributed by atoms with Gasteiger partial charge in [-0.3, -0.25) is 9.48 Å². The van der Waals surface area contributed by atoms with Crippen LogP contribution in [0.2, 0.25) is 0 Å². The molecular weight excluding hydrogens is 331 g/mol. The van der Waals surface area contributed by atoms with E-state index < -0.39 is 5.82 Å². The predicted molar refractivity (Wildman–Crippen MR) is 99.7 cm³/mol. The van der Waals surface area contributed by atoms with E-state index in [1.54, 1.807) is 37.3 Å². The number of nitrogens with zero attached hydrogens (tertiary/aromatic N) is 3. The van der Waals surface area contributed by atoms with Crippen molar-refractivity contribution in [3.63, 3.8) is 0 Å². The van der Waals surface area contributed by atoms with Crippen molar-refractivity contribution in [2.24, 2.45) is 0 Å². The van der Waals surface area contributed by atoms with Crippen LogP contribution < -0.4 is 10.2 Å². The van der Waals surface area contributed by atoms with E-state index in [2.05, 4.69) is 10.4 Å². The van der Waals surface area contributed by atoms with Crippen LogP contribution in [-0.4, -0.2) is 29.8 Å². The third kappa shape index (κ3) is 4.08. The minimum Gasteiger partial charge on any atom is -0.375 e. The molecular formula is C20H21FN4O. The van der Waals surface area contributed by atoms with Crippen molar-refractivity contribution >= 4 is 11.6 Å². The summed E-state index contributed by atoms with van der Waals surface area (Å²) in [5.41, 5.74) is 2.83. The zero-order chi connectivity index (χ0) is 18.5. The fourth-order valence-electron chi connectivity index (χ4n) is 2.74. The molecule has 1 aromatic heterocycles. The lowest BCUT2D eigenvalue weighted by molar-refractivity contribution is 0.0950. The molecule has 0 unspecified atom stereocenters. The molecule has 1 N–H and O–H groups in total. The Labute approximate surface area is 152 Å². The van der Waals surface area contributed by atoms with Crippen LogP contribution in [0.1, 0.15) is 21.5 Å². The summed E-state index contributed by atoms with van der Waals surface area (Å²) >= 11 is 0. The van der Waals surface area contributed by atoms with Crippen LogP contribution in [0.5, 0.6) is 0 Å². The molecule has 0 saturated heterocycles. The summed E-state index contributed by atoms with van der Waals surface area (Å²) in [6.45, 7) is 0.999. The number of rotatable bonds is 6. The molecule has 0 radical (unpaired) electrons. The monoisotopic (exact) mass is 352 g/mol. The Hall–Kier alpha value is -3.15. The number of carbonyl (C=O) groups excluding carboxylic acids is 1. The van der Waals surface area contributed by atoms with Gasteiger partial charge in [-0.25, -0.2) is 4.39 Å². The number of nitrogens with one attached hydrogen (secondary N) is 1. The van der Waals surface area contributed by atoms with Gasteiger partial charge in [-0.05, 0) is 35.4 Å². The first kappa shape index (κ1) is 17.7. The molecule has 3 rings (SSSR count). The Kier molecular flexibility index (Phi) is 5.31. The fraction of sp³-hybridized carbons (Fsp3) is 0.200. The average molecular weight is 352 g/mol. The molecule has 1 amide bonds. The molecule has 2 aromatic carbocycles. The minimum atomic E-state index is -0.415. The van der Waals surface area contributed by atoms with E-state index in [1.807, 2.05) is 41.2 Å². The van der Waals surface area contributed by atoms with Crippen molar-refractivity contribution in [2.75, 3.05) is 19.0 Å². The topological polar surface area (TPSA) is 50.2 Å². The Bertz CT molecular complexity index is 891. The van der Waals surface area contributed by atoms with Gasteiger partial charge in [-0.15, -0.1) is 0 Å². The molecule has 0 bridgehead atoms. The summed E-state index contributed by atoms with van der Waals surface area (Å²) in [5.74, 6) is -0.718. The van der Waals surface area contributed by atoms with Crippen LogP contribution in [-0.2, 0) is 13.1 Å². The van der Waals surface area contributed by atoms with Gasteiger partial charge in [0.1, 0.15) is 5.82 Å². The number of carbonyl (C=O) groups is 1. The number of halogens is 1. The maximum absolute atomic E-state index is 14.1. The van der Waals surface area contributed by atoms with Gasteiger partial charge in [0.05, 0.1) is 12.2 Å². The molecule has 0 spiro atoms. The van der Waals surface area contributed by atoms with Crippen molar-refractivity contribution in [3.8, 4) is 0 Å². The van der Waals surface area contributed by atoms with Gasteiger partial charge in [-0.2, -0.15) is 5.10 Å². The highest BCUT2D eigenvalue weighted by atomic mass is 19.1. The van der Waals surface area contributed by atoms with Crippen molar-refractivity contribution in [3.05, 3.63) is 83.4 Å². The highest BCUT2D eigenvalue weighted by Gasteiger charge is 2.11. The standard InChI is InChI=1S/C20H21FN4O/c1-24(2)19-9-8-15(12-18(19)21)20(26)22-13-16-6-3-4-7-17(16)14-25-11-5-10-23-25/h3-12H,13-14H2,1-2H3,(H,22,26). The van der Waals surface area contributed by atoms with Gasteiger partial charge < -0.3 is 10.2 Å². The van der Waals surface area contributed by atoms with E-state index in [1.165, 1.54) is 6.07 Å². The van der Waals surface area contributed by atoms with Crippen molar-refractivity contribution in [1.82, 2.24) is 15.1 Å². The zero-order valence-electron chi connectivity index (χ0n) is 14.8. The van der Waals surface area contributed by atoms with Crippen molar-refractivity contribution < 1.29 is 9.18 Å². The summed E-state index contributed by atoms with van der Waals surface area (Å²) < 4.78 is 15.9. The van der Waals surface area contributed by atoms with Crippen molar-refractivity contribution in [1.29, 1.82) is 0 Å². The maximum Gasteiger partial charge on any atom is 0.251 e. The Morgan fingerprint density at radius 1 is 1.15 bits per heavy atom. The molecule has 0 atom stereocenters. The lowest BCUT2D eigenvalue weighted by atomic mass is 10.1. The second-order valence-corrected chi connectivity index (χ2v) is 6.22. The first-order valence-electron chi connectivity index (χ1n) is 8.34. The quantitative estimate of drug-likeness (QED) is 0.742. The number of benzene rings is 2. The van der Waals surface area contributed by atoms with Gasteiger partial charge in [-0.1, -0.05) is 24.3 Å². The van der Waals surface area contributed by atoms with E-state index in [0.717, 1.165) is 11.1 Å². The SMILES string of the molecule is CN(C)c1ccc(C(=O)NCc2ccccc2Cn2cccn2)cc1F. The Morgan fingerprint density at radius 3 is 2.58 bits per heavy atom. The van der Waals surface area contributed by atoms with Crippen molar-refractivity contribution in [2.45, 2.75) is 13.1 Å². The molecule has 5 nitrogen and oxygen atoms in total. The van der Waals surface area contributed by atoms with E-state index in [0.29, 0.717) is 24.3 Å². The first-order chi connectivity index (χ1) is 12.5. The Morgan fingerprint density at radius 2 is 1.92 bits per heavy atom. The van der Waals surface area contributed by atoms with Gasteiger partial charge in [0.2, 0.25) is 0 Å². The third-order valence-corrected chi connectivity index (χ3v) is 4.14. The fourth-order valence-corrected chi connectivity index (χ4v) is 2.74. The second-order valence-electron chi connectivity index (χ2n) is 6.22. The van der Waals surface area contributed by atoms with Crippen LogP contribution in [0.3, 0.4) is 0 Å². The molecule has 0 fully saturated rings. The number of aromatic nitrogens is 2. The highest BCUT2D eigenvalue weighted by molar-refractivity contribution is 5.94. The van der Waals surface area contributed by atoms with E-state index >= 15 is 0 Å². The van der Waals surface area contributed by atoms with E-state index in [-0.39, 0.29) is 5.91 Å². The summed E-state index contributed by atoms with van der Waals surface area (Å²) in [6.07, 6.45) is 3.63. The van der Waals surface area contributed by atoms with Crippen LogP contribution in [0.15, 0.2) is 60.9 Å². The number of hydrogen-bond acceptors (Lipinski definition) is 3. The number of hydrogen-bond donors (Lipinski definition) is 1. The summed E-state index contributed by atoms with van der Waals surface area (Å²) in [6, 6.07) is 14.2. The predicted octanol–water partition coefficient (Wildman–Crippen LogP) is 3.07. The van der Waals surface area contributed by atoms with Crippen LogP contribution >= 0.6 is 0 Å². The summed E-state index contributed by atoms with van der Waals surface area (Å²) in [7, 11) is 3.52. The normalized spacial score (nSPS) is 10.6. The molecule has 0 aliphatic rings. The first-order valence-corrected chi connectivity index (χ1v) is 8.34. The molecule has 134 valence electrons. The third-order valence-electron chi connectivity index (χ3n) is 4.14. The van der Waals surface area contributed by atoms with Gasteiger partial charge in [0.25, 0.3) is 5.91 Å². The van der Waals surface area contributed by atoms with Gasteiger partial charge in [0, 0.05) is 38.6 Å². The summed E-state index contributed by atoms with van der Waals surface area (Å²) in [4.78, 5) is 14.0. The van der Waals surface area contributed by atoms with Crippen LogP contribution in [0.25, 0.3) is 0 Å². The van der Waals surface area contributed by atoms with Crippen LogP contribution in [0.4, 0.5) is 10.1 Å². The molecule has 26 heavy (non-hydrogen) atoms. The van der Waals surface area contributed by atoms with Gasteiger partial charge in [0.15, 0.2) is 0 Å².